The Hall–Kier alpha value is -5.00. The van der Waals surface area contributed by atoms with E-state index in [2.05, 4.69) is 28.2 Å². The van der Waals surface area contributed by atoms with Gasteiger partial charge in [0.2, 0.25) is 5.28 Å². The van der Waals surface area contributed by atoms with Gasteiger partial charge >= 0.3 is 0 Å². The fraction of sp³-hybridized carbons (Fsp3) is 0. The topological polar surface area (TPSA) is 65.0 Å². The van der Waals surface area contributed by atoms with Crippen LogP contribution in [0, 0.1) is 0 Å². The zero-order valence-corrected chi connectivity index (χ0v) is 21.2. The summed E-state index contributed by atoms with van der Waals surface area (Å²) in [6.07, 6.45) is 0. The van der Waals surface area contributed by atoms with E-state index in [0.717, 1.165) is 66.1 Å². The molecular formula is C33H18ClN3O2. The molecule has 0 atom stereocenters. The van der Waals surface area contributed by atoms with Gasteiger partial charge in [0, 0.05) is 32.7 Å². The summed E-state index contributed by atoms with van der Waals surface area (Å²) in [5, 5.41) is 4.19. The van der Waals surface area contributed by atoms with E-state index in [-0.39, 0.29) is 5.28 Å². The van der Waals surface area contributed by atoms with Crippen LogP contribution in [0.3, 0.4) is 0 Å². The maximum absolute atomic E-state index is 6.55. The average molecular weight is 524 g/mol. The summed E-state index contributed by atoms with van der Waals surface area (Å²) in [6, 6.07) is 36.1. The highest BCUT2D eigenvalue weighted by Crippen LogP contribution is 2.41. The zero-order chi connectivity index (χ0) is 25.9. The summed E-state index contributed by atoms with van der Waals surface area (Å²) in [4.78, 5) is 14.1. The summed E-state index contributed by atoms with van der Waals surface area (Å²) < 4.78 is 12.2. The molecule has 8 aromatic rings. The molecule has 39 heavy (non-hydrogen) atoms. The summed E-state index contributed by atoms with van der Waals surface area (Å²) in [6.45, 7) is 0. The second kappa shape index (κ2) is 8.51. The molecule has 184 valence electrons. The number of furan rings is 2. The van der Waals surface area contributed by atoms with Crippen molar-refractivity contribution in [3.05, 3.63) is 114 Å². The van der Waals surface area contributed by atoms with E-state index in [9.17, 15) is 0 Å². The molecule has 3 heterocycles. The molecule has 0 saturated heterocycles. The van der Waals surface area contributed by atoms with Gasteiger partial charge in [0.1, 0.15) is 22.3 Å². The van der Waals surface area contributed by atoms with Gasteiger partial charge in [-0.3, -0.25) is 0 Å². The number of fused-ring (bicyclic) bond motifs is 6. The predicted octanol–water partition coefficient (Wildman–Crippen LogP) is 9.32. The second-order valence-corrected chi connectivity index (χ2v) is 9.69. The molecule has 0 aliphatic heterocycles. The van der Waals surface area contributed by atoms with E-state index in [4.69, 9.17) is 25.4 Å². The quantitative estimate of drug-likeness (QED) is 0.231. The molecule has 6 heteroatoms. The molecule has 0 saturated carbocycles. The van der Waals surface area contributed by atoms with E-state index in [0.29, 0.717) is 11.6 Å². The van der Waals surface area contributed by atoms with Gasteiger partial charge in [-0.25, -0.2) is 4.98 Å². The highest BCUT2D eigenvalue weighted by atomic mass is 35.5. The van der Waals surface area contributed by atoms with Crippen LogP contribution >= 0.6 is 11.6 Å². The molecule has 0 aliphatic carbocycles. The molecule has 8 rings (SSSR count). The normalized spacial score (nSPS) is 11.7. The van der Waals surface area contributed by atoms with Gasteiger partial charge in [-0.2, -0.15) is 9.97 Å². The van der Waals surface area contributed by atoms with Crippen molar-refractivity contribution < 1.29 is 8.83 Å². The molecule has 0 N–H and O–H groups in total. The van der Waals surface area contributed by atoms with Crippen molar-refractivity contribution in [1.29, 1.82) is 0 Å². The Kier molecular flexibility index (Phi) is 4.81. The summed E-state index contributed by atoms with van der Waals surface area (Å²) >= 11 is 6.55. The number of hydrogen-bond donors (Lipinski definition) is 0. The summed E-state index contributed by atoms with van der Waals surface area (Å²) in [7, 11) is 0. The second-order valence-electron chi connectivity index (χ2n) is 9.35. The minimum absolute atomic E-state index is 0.126. The van der Waals surface area contributed by atoms with Crippen molar-refractivity contribution >= 4 is 55.5 Å². The van der Waals surface area contributed by atoms with E-state index < -0.39 is 0 Å². The first-order valence-electron chi connectivity index (χ1n) is 12.6. The number of nitrogens with zero attached hydrogens (tertiary/aromatic N) is 3. The molecule has 5 nitrogen and oxygen atoms in total. The van der Waals surface area contributed by atoms with Crippen LogP contribution in [-0.2, 0) is 0 Å². The average Bonchev–Trinajstić information content (AvgIpc) is 3.55. The number of benzene rings is 5. The van der Waals surface area contributed by atoms with Gasteiger partial charge in [0.25, 0.3) is 0 Å². The fourth-order valence-corrected chi connectivity index (χ4v) is 5.62. The summed E-state index contributed by atoms with van der Waals surface area (Å²) in [5.41, 5.74) is 6.97. The van der Waals surface area contributed by atoms with Crippen LogP contribution in [-0.4, -0.2) is 15.0 Å². The molecule has 0 amide bonds. The lowest BCUT2D eigenvalue weighted by Gasteiger charge is -2.11. The first-order chi connectivity index (χ1) is 19.2. The number of halogens is 1. The minimum atomic E-state index is 0.126. The third-order valence-electron chi connectivity index (χ3n) is 7.11. The molecular weight excluding hydrogens is 506 g/mol. The maximum Gasteiger partial charge on any atom is 0.226 e. The molecule has 5 aromatic carbocycles. The highest BCUT2D eigenvalue weighted by Gasteiger charge is 2.19. The Labute approximate surface area is 227 Å². The SMILES string of the molecule is Clc1nc(-c2ccccc2-c2cccc3oc4ccccc4c23)nc(-c2cccc3oc4ccccc4c23)n1. The van der Waals surface area contributed by atoms with E-state index >= 15 is 0 Å². The first-order valence-corrected chi connectivity index (χ1v) is 12.9. The van der Waals surface area contributed by atoms with Crippen molar-refractivity contribution in [2.24, 2.45) is 0 Å². The molecule has 0 bridgehead atoms. The van der Waals surface area contributed by atoms with Crippen LogP contribution in [0.1, 0.15) is 0 Å². The number of rotatable bonds is 3. The number of aromatic nitrogens is 3. The van der Waals surface area contributed by atoms with Crippen LogP contribution in [0.2, 0.25) is 5.28 Å². The Bertz CT molecular complexity index is 2210. The van der Waals surface area contributed by atoms with Crippen molar-refractivity contribution in [2.45, 2.75) is 0 Å². The maximum atomic E-state index is 6.55. The largest absolute Gasteiger partial charge is 0.456 e. The molecule has 0 unspecified atom stereocenters. The summed E-state index contributed by atoms with van der Waals surface area (Å²) in [5.74, 6) is 0.985. The highest BCUT2D eigenvalue weighted by molar-refractivity contribution is 6.28. The lowest BCUT2D eigenvalue weighted by molar-refractivity contribution is 0.668. The van der Waals surface area contributed by atoms with Gasteiger partial charge in [0.15, 0.2) is 11.6 Å². The van der Waals surface area contributed by atoms with Gasteiger partial charge in [-0.05, 0) is 47.0 Å². The minimum Gasteiger partial charge on any atom is -0.456 e. The van der Waals surface area contributed by atoms with Gasteiger partial charge in [-0.1, -0.05) is 84.9 Å². The van der Waals surface area contributed by atoms with Crippen molar-refractivity contribution in [3.8, 4) is 33.9 Å². The van der Waals surface area contributed by atoms with E-state index in [1.165, 1.54) is 0 Å². The van der Waals surface area contributed by atoms with Crippen molar-refractivity contribution in [3.63, 3.8) is 0 Å². The lowest BCUT2D eigenvalue weighted by atomic mass is 9.95. The van der Waals surface area contributed by atoms with E-state index in [1.807, 2.05) is 91.0 Å². The standard InChI is InChI=1S/C33H18ClN3O2/c34-33-36-31(35-32(37-33)24-14-8-18-28-30(24)23-12-4-6-16-26(23)39-28)21-10-2-1-9-19(21)20-13-7-17-27-29(20)22-11-3-5-15-25(22)38-27/h1-18H. The number of para-hydroxylation sites is 2. The lowest BCUT2D eigenvalue weighted by Crippen LogP contribution is -1.99. The Morgan fingerprint density at radius 2 is 0.872 bits per heavy atom. The molecule has 0 aliphatic rings. The van der Waals surface area contributed by atoms with E-state index in [1.54, 1.807) is 0 Å². The number of hydrogen-bond acceptors (Lipinski definition) is 5. The fourth-order valence-electron chi connectivity index (χ4n) is 5.46. The van der Waals surface area contributed by atoms with Gasteiger partial charge in [-0.15, -0.1) is 0 Å². The van der Waals surface area contributed by atoms with Crippen LogP contribution in [0.15, 0.2) is 118 Å². The smallest absolute Gasteiger partial charge is 0.226 e. The molecule has 3 aromatic heterocycles. The van der Waals surface area contributed by atoms with Gasteiger partial charge in [0.05, 0.1) is 0 Å². The van der Waals surface area contributed by atoms with Gasteiger partial charge < -0.3 is 8.83 Å². The Morgan fingerprint density at radius 3 is 1.54 bits per heavy atom. The zero-order valence-electron chi connectivity index (χ0n) is 20.4. The van der Waals surface area contributed by atoms with Crippen LogP contribution in [0.4, 0.5) is 0 Å². The van der Waals surface area contributed by atoms with Crippen LogP contribution < -0.4 is 0 Å². The third kappa shape index (κ3) is 3.44. The first kappa shape index (κ1) is 22.0. The van der Waals surface area contributed by atoms with Crippen molar-refractivity contribution in [1.82, 2.24) is 15.0 Å². The van der Waals surface area contributed by atoms with Crippen LogP contribution in [0.5, 0.6) is 0 Å². The molecule has 0 fully saturated rings. The monoisotopic (exact) mass is 523 g/mol. The Balaban J connectivity index is 1.37. The Morgan fingerprint density at radius 1 is 0.410 bits per heavy atom. The predicted molar refractivity (Wildman–Crippen MR) is 156 cm³/mol. The van der Waals surface area contributed by atoms with Crippen LogP contribution in [0.25, 0.3) is 77.8 Å². The van der Waals surface area contributed by atoms with Crippen molar-refractivity contribution in [2.75, 3.05) is 0 Å². The molecule has 0 spiro atoms. The molecule has 0 radical (unpaired) electrons. The third-order valence-corrected chi connectivity index (χ3v) is 7.28.